The molecule has 0 spiro atoms. The van der Waals surface area contributed by atoms with Crippen LogP contribution in [0, 0.1) is 0 Å². The SMILES string of the molecule is CCCC/C=[C](/COC(C)=O)[Sn]([CH2]CCC)([CH2]CCC)[CH2]CCC. The number of rotatable bonds is 15. The van der Waals surface area contributed by atoms with Crippen LogP contribution in [0.4, 0.5) is 0 Å². The van der Waals surface area contributed by atoms with E-state index in [1.807, 2.05) is 0 Å². The van der Waals surface area contributed by atoms with Gasteiger partial charge < -0.3 is 0 Å². The van der Waals surface area contributed by atoms with Crippen LogP contribution in [-0.4, -0.2) is 31.0 Å². The molecule has 0 aromatic rings. The Morgan fingerprint density at radius 3 is 1.67 bits per heavy atom. The molecule has 0 bridgehead atoms. The summed E-state index contributed by atoms with van der Waals surface area (Å²) in [5, 5.41) is 0. The Labute approximate surface area is 155 Å². The first-order valence-corrected chi connectivity index (χ1v) is 17.9. The van der Waals surface area contributed by atoms with Crippen LogP contribution in [0.3, 0.4) is 0 Å². The Bertz CT molecular complexity index is 328. The summed E-state index contributed by atoms with van der Waals surface area (Å²) in [4.78, 5) is 11.4. The van der Waals surface area contributed by atoms with Crippen LogP contribution in [-0.2, 0) is 9.53 Å². The quantitative estimate of drug-likeness (QED) is 0.153. The van der Waals surface area contributed by atoms with Crippen molar-refractivity contribution in [2.45, 2.75) is 106 Å². The van der Waals surface area contributed by atoms with Gasteiger partial charge in [0, 0.05) is 0 Å². The van der Waals surface area contributed by atoms with Crippen molar-refractivity contribution in [1.82, 2.24) is 0 Å². The summed E-state index contributed by atoms with van der Waals surface area (Å²) in [5.41, 5.74) is 0. The number of hydrogen-bond donors (Lipinski definition) is 0. The molecular weight excluding hydrogens is 403 g/mol. The van der Waals surface area contributed by atoms with Crippen LogP contribution in [0.2, 0.25) is 13.3 Å². The van der Waals surface area contributed by atoms with Crippen molar-refractivity contribution >= 4 is 24.3 Å². The average molecular weight is 445 g/mol. The van der Waals surface area contributed by atoms with Gasteiger partial charge in [-0.1, -0.05) is 0 Å². The first-order chi connectivity index (χ1) is 11.6. The Hall–Kier alpha value is 0.00870. The van der Waals surface area contributed by atoms with E-state index >= 15 is 0 Å². The second-order valence-electron chi connectivity index (χ2n) is 7.24. The van der Waals surface area contributed by atoms with Crippen LogP contribution in [0.1, 0.15) is 92.4 Å². The maximum atomic E-state index is 11.4. The molecule has 0 atom stereocenters. The predicted molar refractivity (Wildman–Crippen MR) is 109 cm³/mol. The van der Waals surface area contributed by atoms with Crippen LogP contribution in [0.5, 0.6) is 0 Å². The second-order valence-corrected chi connectivity index (χ2v) is 20.7. The molecule has 0 saturated carbocycles. The summed E-state index contributed by atoms with van der Waals surface area (Å²) in [5.74, 6) is -0.127. The summed E-state index contributed by atoms with van der Waals surface area (Å²) < 4.78 is 11.5. The maximum absolute atomic E-state index is 11.4. The number of unbranched alkanes of at least 4 members (excludes halogenated alkanes) is 5. The third-order valence-corrected chi connectivity index (χ3v) is 21.2. The van der Waals surface area contributed by atoms with Crippen LogP contribution in [0.15, 0.2) is 9.67 Å². The van der Waals surface area contributed by atoms with Gasteiger partial charge in [0.25, 0.3) is 0 Å². The van der Waals surface area contributed by atoms with Crippen molar-refractivity contribution in [3.8, 4) is 0 Å². The number of allylic oxidation sites excluding steroid dienone is 1. The molecule has 0 aliphatic rings. The van der Waals surface area contributed by atoms with Crippen molar-refractivity contribution in [2.75, 3.05) is 6.61 Å². The predicted octanol–water partition coefficient (Wildman–Crippen LogP) is 7.05. The molecule has 0 aromatic carbocycles. The van der Waals surface area contributed by atoms with Crippen molar-refractivity contribution in [1.29, 1.82) is 0 Å². The fraction of sp³-hybridized carbons (Fsp3) is 0.857. The molecule has 2 nitrogen and oxygen atoms in total. The van der Waals surface area contributed by atoms with Gasteiger partial charge in [-0.05, 0) is 0 Å². The molecule has 0 N–H and O–H groups in total. The first-order valence-electron chi connectivity index (χ1n) is 10.4. The molecule has 24 heavy (non-hydrogen) atoms. The van der Waals surface area contributed by atoms with Crippen molar-refractivity contribution in [2.24, 2.45) is 0 Å². The molecule has 0 saturated heterocycles. The molecule has 0 heterocycles. The van der Waals surface area contributed by atoms with E-state index in [4.69, 9.17) is 4.74 Å². The van der Waals surface area contributed by atoms with E-state index in [9.17, 15) is 4.79 Å². The van der Waals surface area contributed by atoms with Gasteiger partial charge >= 0.3 is 156 Å². The van der Waals surface area contributed by atoms with Gasteiger partial charge in [0.1, 0.15) is 0 Å². The van der Waals surface area contributed by atoms with Gasteiger partial charge in [-0.2, -0.15) is 0 Å². The van der Waals surface area contributed by atoms with E-state index in [1.165, 1.54) is 64.7 Å². The van der Waals surface area contributed by atoms with Gasteiger partial charge in [-0.3, -0.25) is 0 Å². The minimum atomic E-state index is -2.42. The van der Waals surface area contributed by atoms with Crippen molar-refractivity contribution in [3.63, 3.8) is 0 Å². The molecule has 3 heteroatoms. The summed E-state index contributed by atoms with van der Waals surface area (Å²) in [7, 11) is 0. The van der Waals surface area contributed by atoms with E-state index in [-0.39, 0.29) is 5.97 Å². The number of carbonyl (C=O) groups is 1. The topological polar surface area (TPSA) is 26.3 Å². The molecule has 0 unspecified atom stereocenters. The zero-order chi connectivity index (χ0) is 18.3. The molecule has 142 valence electrons. The number of carbonyl (C=O) groups excluding carboxylic acids is 1. The number of hydrogen-bond acceptors (Lipinski definition) is 2. The Kier molecular flexibility index (Phi) is 15.3. The zero-order valence-electron chi connectivity index (χ0n) is 17.1. The second kappa shape index (κ2) is 15.3. The van der Waals surface area contributed by atoms with Gasteiger partial charge in [0.15, 0.2) is 0 Å². The Morgan fingerprint density at radius 2 is 1.29 bits per heavy atom. The summed E-state index contributed by atoms with van der Waals surface area (Å²) in [6.07, 6.45) is 14.1. The van der Waals surface area contributed by atoms with E-state index in [2.05, 4.69) is 33.8 Å². The van der Waals surface area contributed by atoms with Gasteiger partial charge in [0.2, 0.25) is 0 Å². The molecule has 0 aliphatic carbocycles. The van der Waals surface area contributed by atoms with E-state index in [0.29, 0.717) is 6.61 Å². The molecule has 0 aliphatic heterocycles. The number of ether oxygens (including phenoxy) is 1. The van der Waals surface area contributed by atoms with Crippen LogP contribution >= 0.6 is 0 Å². The standard InChI is InChI=1S/C9H15O2.3C4H9.Sn/c1-3-4-5-6-7-8-11-9(2)10;3*1-3-4-2;/h6H,3-5,8H2,1-2H3;3*1,3-4H2,2H3;. The fourth-order valence-electron chi connectivity index (χ4n) is 3.49. The van der Waals surface area contributed by atoms with E-state index < -0.39 is 18.4 Å². The number of esters is 1. The van der Waals surface area contributed by atoms with Crippen molar-refractivity contribution in [3.05, 3.63) is 9.67 Å². The van der Waals surface area contributed by atoms with E-state index in [1.54, 1.807) is 10.5 Å². The van der Waals surface area contributed by atoms with E-state index in [0.717, 1.165) is 6.42 Å². The van der Waals surface area contributed by atoms with Gasteiger partial charge in [-0.25, -0.2) is 0 Å². The minimum absolute atomic E-state index is 0.127. The summed E-state index contributed by atoms with van der Waals surface area (Å²) >= 11 is -2.42. The Balaban J connectivity index is 5.48. The molecular formula is C21H42O2Sn. The summed E-state index contributed by atoms with van der Waals surface area (Å²) in [6.45, 7) is 11.3. The molecule has 0 fully saturated rings. The van der Waals surface area contributed by atoms with Gasteiger partial charge in [0.05, 0.1) is 0 Å². The fourth-order valence-corrected chi connectivity index (χ4v) is 19.9. The third kappa shape index (κ3) is 10.1. The Morgan fingerprint density at radius 1 is 0.833 bits per heavy atom. The van der Waals surface area contributed by atoms with Crippen LogP contribution in [0.25, 0.3) is 0 Å². The average Bonchev–Trinajstić information content (AvgIpc) is 2.57. The molecule has 0 radical (unpaired) electrons. The third-order valence-electron chi connectivity index (χ3n) is 5.09. The monoisotopic (exact) mass is 446 g/mol. The normalized spacial score (nSPS) is 12.5. The molecule has 0 amide bonds. The van der Waals surface area contributed by atoms with Gasteiger partial charge in [-0.15, -0.1) is 0 Å². The molecule has 0 rings (SSSR count). The zero-order valence-corrected chi connectivity index (χ0v) is 19.9. The molecule has 0 aromatic heterocycles. The van der Waals surface area contributed by atoms with Crippen molar-refractivity contribution < 1.29 is 9.53 Å². The summed E-state index contributed by atoms with van der Waals surface area (Å²) in [6, 6.07) is 0. The first kappa shape index (κ1) is 24.0. The van der Waals surface area contributed by atoms with Crippen LogP contribution < -0.4 is 0 Å².